The molecule has 0 saturated carbocycles. The third kappa shape index (κ3) is 4.75. The van der Waals surface area contributed by atoms with Gasteiger partial charge in [0.25, 0.3) is 0 Å². The van der Waals surface area contributed by atoms with Crippen molar-refractivity contribution in [3.05, 3.63) is 59.9 Å². The molecule has 2 N–H and O–H groups in total. The van der Waals surface area contributed by atoms with Crippen molar-refractivity contribution in [1.82, 2.24) is 15.6 Å². The Labute approximate surface area is 156 Å². The molecule has 0 aliphatic carbocycles. The maximum Gasteiger partial charge on any atom is 0.191 e. The lowest BCUT2D eigenvalue weighted by atomic mass is 10.1. The van der Waals surface area contributed by atoms with Crippen molar-refractivity contribution in [1.29, 1.82) is 0 Å². The Morgan fingerprint density at radius 2 is 2.04 bits per heavy atom. The fourth-order valence-electron chi connectivity index (χ4n) is 3.44. The lowest BCUT2D eigenvalue weighted by molar-refractivity contribution is 0.656. The lowest BCUT2D eigenvalue weighted by Crippen LogP contribution is -2.43. The van der Waals surface area contributed by atoms with Gasteiger partial charge in [-0.1, -0.05) is 24.3 Å². The number of nitrogens with zero attached hydrogens (tertiary/aromatic N) is 3. The molecule has 1 aromatic heterocycles. The van der Waals surface area contributed by atoms with Crippen molar-refractivity contribution in [3.8, 4) is 0 Å². The molecule has 5 heteroatoms. The Bertz CT molecular complexity index is 713. The van der Waals surface area contributed by atoms with Gasteiger partial charge in [0.05, 0.1) is 0 Å². The molecule has 0 saturated heterocycles. The molecule has 0 fully saturated rings. The SMILES string of the molecule is CCNC(=NCCc1ccccn1)NCCN1c2ccccc2CC1C. The monoisotopic (exact) mass is 351 g/mol. The van der Waals surface area contributed by atoms with E-state index in [-0.39, 0.29) is 0 Å². The van der Waals surface area contributed by atoms with Gasteiger partial charge in [0.15, 0.2) is 5.96 Å². The molecule has 1 atom stereocenters. The average Bonchev–Trinajstić information content (AvgIpc) is 2.98. The summed E-state index contributed by atoms with van der Waals surface area (Å²) in [6, 6.07) is 15.3. The molecule has 0 radical (unpaired) electrons. The number of hydrogen-bond donors (Lipinski definition) is 2. The first-order chi connectivity index (χ1) is 12.8. The molecule has 0 bridgehead atoms. The van der Waals surface area contributed by atoms with E-state index in [1.165, 1.54) is 11.3 Å². The zero-order valence-corrected chi connectivity index (χ0v) is 15.8. The van der Waals surface area contributed by atoms with Crippen molar-refractivity contribution < 1.29 is 0 Å². The standard InChI is InChI=1S/C21H29N5/c1-3-22-21(24-13-11-19-9-6-7-12-23-19)25-14-15-26-17(2)16-18-8-4-5-10-20(18)26/h4-10,12,17H,3,11,13-16H2,1-2H3,(H2,22,24,25). The number of fused-ring (bicyclic) bond motifs is 1. The Balaban J connectivity index is 1.50. The van der Waals surface area contributed by atoms with Crippen LogP contribution in [0.15, 0.2) is 53.7 Å². The van der Waals surface area contributed by atoms with E-state index in [4.69, 9.17) is 0 Å². The van der Waals surface area contributed by atoms with Crippen LogP contribution in [0, 0.1) is 0 Å². The van der Waals surface area contributed by atoms with Crippen molar-refractivity contribution >= 4 is 11.6 Å². The van der Waals surface area contributed by atoms with Crippen LogP contribution in [0.5, 0.6) is 0 Å². The van der Waals surface area contributed by atoms with E-state index in [9.17, 15) is 0 Å². The van der Waals surface area contributed by atoms with Gasteiger partial charge in [-0.25, -0.2) is 0 Å². The molecule has 1 aliphatic rings. The summed E-state index contributed by atoms with van der Waals surface area (Å²) < 4.78 is 0. The number of pyridine rings is 1. The van der Waals surface area contributed by atoms with E-state index in [2.05, 4.69) is 63.6 Å². The van der Waals surface area contributed by atoms with Crippen molar-refractivity contribution in [2.45, 2.75) is 32.7 Å². The molecular formula is C21H29N5. The second-order valence-corrected chi connectivity index (χ2v) is 6.63. The van der Waals surface area contributed by atoms with Crippen molar-refractivity contribution in [3.63, 3.8) is 0 Å². The molecule has 1 unspecified atom stereocenters. The van der Waals surface area contributed by atoms with Gasteiger partial charge in [-0.15, -0.1) is 0 Å². The normalized spacial score (nSPS) is 16.5. The number of anilines is 1. The number of benzene rings is 1. The quantitative estimate of drug-likeness (QED) is 0.595. The molecule has 2 aromatic rings. The van der Waals surface area contributed by atoms with Gasteiger partial charge in [-0.3, -0.25) is 9.98 Å². The zero-order chi connectivity index (χ0) is 18.2. The van der Waals surface area contributed by atoms with Crippen LogP contribution in [0.25, 0.3) is 0 Å². The van der Waals surface area contributed by atoms with E-state index >= 15 is 0 Å². The summed E-state index contributed by atoms with van der Waals surface area (Å²) >= 11 is 0. The van der Waals surface area contributed by atoms with Crippen molar-refractivity contribution in [2.24, 2.45) is 4.99 Å². The molecule has 26 heavy (non-hydrogen) atoms. The molecule has 1 aromatic carbocycles. The largest absolute Gasteiger partial charge is 0.367 e. The summed E-state index contributed by atoms with van der Waals surface area (Å²) in [4.78, 5) is 11.5. The minimum absolute atomic E-state index is 0.554. The summed E-state index contributed by atoms with van der Waals surface area (Å²) in [5.74, 6) is 0.878. The van der Waals surface area contributed by atoms with E-state index in [1.807, 2.05) is 24.4 Å². The van der Waals surface area contributed by atoms with E-state index in [0.717, 1.165) is 50.7 Å². The molecule has 3 rings (SSSR count). The van der Waals surface area contributed by atoms with Gasteiger partial charge in [-0.05, 0) is 44.0 Å². The average molecular weight is 351 g/mol. The Hall–Kier alpha value is -2.56. The maximum atomic E-state index is 4.67. The highest BCUT2D eigenvalue weighted by molar-refractivity contribution is 5.79. The summed E-state index contributed by atoms with van der Waals surface area (Å²) in [6.45, 7) is 7.82. The van der Waals surface area contributed by atoms with Crippen molar-refractivity contribution in [2.75, 3.05) is 31.1 Å². The first-order valence-electron chi connectivity index (χ1n) is 9.54. The Morgan fingerprint density at radius 3 is 2.85 bits per heavy atom. The summed E-state index contributed by atoms with van der Waals surface area (Å²) in [5.41, 5.74) is 3.91. The zero-order valence-electron chi connectivity index (χ0n) is 15.8. The van der Waals surface area contributed by atoms with E-state index in [0.29, 0.717) is 6.04 Å². The topological polar surface area (TPSA) is 52.6 Å². The second kappa shape index (κ2) is 9.22. The number of aromatic nitrogens is 1. The van der Waals surface area contributed by atoms with Crippen LogP contribution in [0.4, 0.5) is 5.69 Å². The summed E-state index contributed by atoms with van der Waals surface area (Å²) in [7, 11) is 0. The third-order valence-corrected chi connectivity index (χ3v) is 4.70. The lowest BCUT2D eigenvalue weighted by Gasteiger charge is -2.25. The van der Waals surface area contributed by atoms with Gasteiger partial charge >= 0.3 is 0 Å². The number of aliphatic imine (C=N–C) groups is 1. The van der Waals surface area contributed by atoms with Gasteiger partial charge in [0.1, 0.15) is 0 Å². The van der Waals surface area contributed by atoms with Gasteiger partial charge in [0, 0.05) is 56.2 Å². The van der Waals surface area contributed by atoms with Crippen LogP contribution in [0.1, 0.15) is 25.1 Å². The van der Waals surface area contributed by atoms with Crippen LogP contribution in [0.3, 0.4) is 0 Å². The molecular weight excluding hydrogens is 322 g/mol. The highest BCUT2D eigenvalue weighted by Crippen LogP contribution is 2.31. The molecule has 1 aliphatic heterocycles. The highest BCUT2D eigenvalue weighted by Gasteiger charge is 2.24. The maximum absolute atomic E-state index is 4.67. The predicted molar refractivity (Wildman–Crippen MR) is 109 cm³/mol. The van der Waals surface area contributed by atoms with Crippen LogP contribution in [0.2, 0.25) is 0 Å². The smallest absolute Gasteiger partial charge is 0.191 e. The Morgan fingerprint density at radius 1 is 1.19 bits per heavy atom. The summed E-state index contributed by atoms with van der Waals surface area (Å²) in [5, 5.41) is 6.79. The Kier molecular flexibility index (Phi) is 6.47. The highest BCUT2D eigenvalue weighted by atomic mass is 15.2. The number of hydrogen-bond acceptors (Lipinski definition) is 3. The fourth-order valence-corrected chi connectivity index (χ4v) is 3.44. The number of para-hydroxylation sites is 1. The van der Waals surface area contributed by atoms with Gasteiger partial charge in [0.2, 0.25) is 0 Å². The minimum atomic E-state index is 0.554. The van der Waals surface area contributed by atoms with E-state index in [1.54, 1.807) is 0 Å². The minimum Gasteiger partial charge on any atom is -0.367 e. The number of nitrogens with one attached hydrogen (secondary N) is 2. The third-order valence-electron chi connectivity index (χ3n) is 4.70. The van der Waals surface area contributed by atoms with Crippen LogP contribution in [-0.2, 0) is 12.8 Å². The molecule has 0 spiro atoms. The summed E-state index contributed by atoms with van der Waals surface area (Å²) in [6.07, 6.45) is 3.82. The molecule has 5 nitrogen and oxygen atoms in total. The number of rotatable bonds is 7. The first kappa shape index (κ1) is 18.2. The number of guanidine groups is 1. The van der Waals surface area contributed by atoms with Gasteiger partial charge in [-0.2, -0.15) is 0 Å². The first-order valence-corrected chi connectivity index (χ1v) is 9.54. The van der Waals surface area contributed by atoms with Gasteiger partial charge < -0.3 is 15.5 Å². The predicted octanol–water partition coefficient (Wildman–Crippen LogP) is 2.63. The fraction of sp³-hybridized carbons (Fsp3) is 0.429. The van der Waals surface area contributed by atoms with Crippen LogP contribution in [-0.4, -0.2) is 43.2 Å². The van der Waals surface area contributed by atoms with Crippen LogP contribution < -0.4 is 15.5 Å². The second-order valence-electron chi connectivity index (χ2n) is 6.63. The van der Waals surface area contributed by atoms with Crippen LogP contribution >= 0.6 is 0 Å². The molecule has 138 valence electrons. The molecule has 2 heterocycles. The van der Waals surface area contributed by atoms with E-state index < -0.39 is 0 Å². The molecule has 0 amide bonds.